The molecule has 2 amide bonds. The highest BCUT2D eigenvalue weighted by Crippen LogP contribution is 2.24. The van der Waals surface area contributed by atoms with Crippen LogP contribution in [0.4, 0.5) is 14.9 Å². The van der Waals surface area contributed by atoms with Crippen molar-refractivity contribution in [2.75, 3.05) is 12.4 Å². The number of rotatable bonds is 3. The maximum atomic E-state index is 13.3. The van der Waals surface area contributed by atoms with Gasteiger partial charge in [0.15, 0.2) is 0 Å². The van der Waals surface area contributed by atoms with Gasteiger partial charge in [-0.1, -0.05) is 29.4 Å². The van der Waals surface area contributed by atoms with E-state index < -0.39 is 0 Å². The van der Waals surface area contributed by atoms with Crippen LogP contribution in [0.1, 0.15) is 25.7 Å². The van der Waals surface area contributed by atoms with Crippen LogP contribution in [0, 0.1) is 5.82 Å². The molecule has 1 aliphatic rings. The van der Waals surface area contributed by atoms with Gasteiger partial charge in [-0.25, -0.2) is 9.18 Å². The first-order valence-electron chi connectivity index (χ1n) is 8.66. The van der Waals surface area contributed by atoms with Crippen molar-refractivity contribution in [2.24, 2.45) is 5.16 Å². The maximum Gasteiger partial charge on any atom is 0.321 e. The Hall–Kier alpha value is -2.89. The van der Waals surface area contributed by atoms with E-state index in [0.29, 0.717) is 18.5 Å². The molecule has 1 fully saturated rings. The molecule has 2 N–H and O–H groups in total. The third-order valence-corrected chi connectivity index (χ3v) is 4.84. The zero-order valence-corrected chi connectivity index (χ0v) is 14.7. The molecule has 0 spiro atoms. The van der Waals surface area contributed by atoms with Crippen molar-refractivity contribution >= 4 is 17.4 Å². The number of oxime groups is 1. The molecular weight excluding hydrogens is 333 g/mol. The van der Waals surface area contributed by atoms with Crippen LogP contribution in [-0.2, 0) is 0 Å². The molecule has 0 saturated heterocycles. The Morgan fingerprint density at radius 1 is 1.15 bits per heavy atom. The normalized spacial score (nSPS) is 16.8. The molecule has 2 aromatic rings. The molecule has 0 aliphatic heterocycles. The van der Waals surface area contributed by atoms with Crippen LogP contribution in [0.5, 0.6) is 0 Å². The van der Waals surface area contributed by atoms with Crippen molar-refractivity contribution in [3.8, 4) is 11.1 Å². The molecule has 6 heteroatoms. The summed E-state index contributed by atoms with van der Waals surface area (Å²) in [6, 6.07) is 13.7. The zero-order chi connectivity index (χ0) is 18.5. The minimum Gasteiger partial charge on any atom is -0.411 e. The highest BCUT2D eigenvalue weighted by atomic mass is 19.1. The molecule has 26 heavy (non-hydrogen) atoms. The Morgan fingerprint density at radius 3 is 2.46 bits per heavy atom. The monoisotopic (exact) mass is 355 g/mol. The Bertz CT molecular complexity index is 795. The summed E-state index contributed by atoms with van der Waals surface area (Å²) >= 11 is 0. The molecule has 2 aromatic carbocycles. The van der Waals surface area contributed by atoms with Crippen molar-refractivity contribution in [1.29, 1.82) is 0 Å². The molecule has 5 nitrogen and oxygen atoms in total. The van der Waals surface area contributed by atoms with E-state index in [9.17, 15) is 9.18 Å². The van der Waals surface area contributed by atoms with Crippen LogP contribution in [0.2, 0.25) is 0 Å². The topological polar surface area (TPSA) is 64.9 Å². The van der Waals surface area contributed by atoms with Gasteiger partial charge in [0.25, 0.3) is 0 Å². The summed E-state index contributed by atoms with van der Waals surface area (Å²) in [6.45, 7) is 0. The van der Waals surface area contributed by atoms with E-state index in [4.69, 9.17) is 5.21 Å². The van der Waals surface area contributed by atoms with E-state index in [1.54, 1.807) is 18.0 Å². The van der Waals surface area contributed by atoms with Crippen LogP contribution in [-0.4, -0.2) is 34.9 Å². The van der Waals surface area contributed by atoms with E-state index in [2.05, 4.69) is 10.5 Å². The summed E-state index contributed by atoms with van der Waals surface area (Å²) in [5, 5.41) is 15.0. The predicted molar refractivity (Wildman–Crippen MR) is 100 cm³/mol. The standard InChI is InChI=1S/C20H22FN3O2/c1-24(19-11-9-18(23-26)10-12-19)20(25)22-17-7-5-14(6-8-17)15-3-2-4-16(21)13-15/h2-8,13,19,26H,9-12H2,1H3,(H,22,25). The fraction of sp³-hybridized carbons (Fsp3) is 0.300. The molecule has 0 unspecified atom stereocenters. The second-order valence-electron chi connectivity index (χ2n) is 6.53. The molecular formula is C20H22FN3O2. The van der Waals surface area contributed by atoms with Gasteiger partial charge in [0.1, 0.15) is 5.82 Å². The number of urea groups is 1. The van der Waals surface area contributed by atoms with Crippen LogP contribution >= 0.6 is 0 Å². The second kappa shape index (κ2) is 7.99. The van der Waals surface area contributed by atoms with Gasteiger partial charge >= 0.3 is 6.03 Å². The van der Waals surface area contributed by atoms with Crippen LogP contribution in [0.25, 0.3) is 11.1 Å². The molecule has 3 rings (SSSR count). The largest absolute Gasteiger partial charge is 0.411 e. The van der Waals surface area contributed by atoms with Gasteiger partial charge in [-0.2, -0.15) is 0 Å². The van der Waals surface area contributed by atoms with Gasteiger partial charge in [-0.15, -0.1) is 0 Å². The first-order valence-corrected chi connectivity index (χ1v) is 8.66. The lowest BCUT2D eigenvalue weighted by Crippen LogP contribution is -2.41. The summed E-state index contributed by atoms with van der Waals surface area (Å²) in [5.41, 5.74) is 3.17. The summed E-state index contributed by atoms with van der Waals surface area (Å²) in [4.78, 5) is 14.2. The van der Waals surface area contributed by atoms with Crippen molar-refractivity contribution < 1.29 is 14.4 Å². The maximum absolute atomic E-state index is 13.3. The molecule has 0 atom stereocenters. The van der Waals surface area contributed by atoms with Crippen molar-refractivity contribution in [1.82, 2.24) is 4.90 Å². The third kappa shape index (κ3) is 4.20. The number of carbonyl (C=O) groups is 1. The van der Waals surface area contributed by atoms with E-state index in [-0.39, 0.29) is 17.9 Å². The van der Waals surface area contributed by atoms with Crippen LogP contribution in [0.15, 0.2) is 53.7 Å². The number of hydrogen-bond acceptors (Lipinski definition) is 3. The zero-order valence-electron chi connectivity index (χ0n) is 14.7. The number of carbonyl (C=O) groups excluding carboxylic acids is 1. The van der Waals surface area contributed by atoms with Crippen molar-refractivity contribution in [2.45, 2.75) is 31.7 Å². The molecule has 1 aliphatic carbocycles. The summed E-state index contributed by atoms with van der Waals surface area (Å²) in [5.74, 6) is -0.275. The van der Waals surface area contributed by atoms with Gasteiger partial charge in [-0.3, -0.25) is 0 Å². The smallest absolute Gasteiger partial charge is 0.321 e. The number of benzene rings is 2. The van der Waals surface area contributed by atoms with E-state index in [1.165, 1.54) is 12.1 Å². The summed E-state index contributed by atoms with van der Waals surface area (Å²) in [7, 11) is 1.78. The molecule has 136 valence electrons. The summed E-state index contributed by atoms with van der Waals surface area (Å²) in [6.07, 6.45) is 3.01. The highest BCUT2D eigenvalue weighted by molar-refractivity contribution is 5.90. The van der Waals surface area contributed by atoms with Gasteiger partial charge in [0, 0.05) is 18.8 Å². The number of nitrogens with zero attached hydrogens (tertiary/aromatic N) is 2. The Morgan fingerprint density at radius 2 is 1.85 bits per heavy atom. The molecule has 0 bridgehead atoms. The first-order chi connectivity index (χ1) is 12.6. The minimum atomic E-state index is -0.275. The molecule has 1 saturated carbocycles. The van der Waals surface area contributed by atoms with Crippen LogP contribution in [0.3, 0.4) is 0 Å². The number of nitrogens with one attached hydrogen (secondary N) is 1. The average molecular weight is 355 g/mol. The van der Waals surface area contributed by atoms with E-state index in [0.717, 1.165) is 29.7 Å². The minimum absolute atomic E-state index is 0.132. The SMILES string of the molecule is CN(C(=O)Nc1ccc(-c2cccc(F)c2)cc1)C1CCC(=NO)CC1. The van der Waals surface area contributed by atoms with Gasteiger partial charge in [0.05, 0.1) is 5.71 Å². The predicted octanol–water partition coefficient (Wildman–Crippen LogP) is 4.73. The number of halogens is 1. The molecule has 0 radical (unpaired) electrons. The lowest BCUT2D eigenvalue weighted by Gasteiger charge is -2.31. The highest BCUT2D eigenvalue weighted by Gasteiger charge is 2.24. The molecule has 0 aromatic heterocycles. The van der Waals surface area contributed by atoms with Crippen molar-refractivity contribution in [3.05, 3.63) is 54.3 Å². The van der Waals surface area contributed by atoms with E-state index >= 15 is 0 Å². The van der Waals surface area contributed by atoms with Crippen molar-refractivity contribution in [3.63, 3.8) is 0 Å². The van der Waals surface area contributed by atoms with Gasteiger partial charge in [0.2, 0.25) is 0 Å². The quantitative estimate of drug-likeness (QED) is 0.617. The third-order valence-electron chi connectivity index (χ3n) is 4.84. The number of anilines is 1. The van der Waals surface area contributed by atoms with E-state index in [1.807, 2.05) is 30.3 Å². The average Bonchev–Trinajstić information content (AvgIpc) is 2.68. The molecule has 0 heterocycles. The van der Waals surface area contributed by atoms with Crippen LogP contribution < -0.4 is 5.32 Å². The fourth-order valence-electron chi connectivity index (χ4n) is 3.21. The lowest BCUT2D eigenvalue weighted by atomic mass is 9.93. The Kier molecular flexibility index (Phi) is 5.51. The Balaban J connectivity index is 1.61. The van der Waals surface area contributed by atoms with Gasteiger partial charge in [-0.05, 0) is 61.1 Å². The number of hydrogen-bond donors (Lipinski definition) is 2. The first kappa shape index (κ1) is 17.9. The fourth-order valence-corrected chi connectivity index (χ4v) is 3.21. The second-order valence-corrected chi connectivity index (χ2v) is 6.53. The summed E-state index contributed by atoms with van der Waals surface area (Å²) < 4.78 is 13.3. The lowest BCUT2D eigenvalue weighted by molar-refractivity contribution is 0.195. The number of amides is 2. The Labute approximate surface area is 152 Å². The van der Waals surface area contributed by atoms with Gasteiger partial charge < -0.3 is 15.4 Å².